The largest absolute Gasteiger partial charge is 0.318 e. The van der Waals surface area contributed by atoms with Gasteiger partial charge in [0.05, 0.1) is 4.88 Å². The van der Waals surface area contributed by atoms with Gasteiger partial charge in [0.2, 0.25) is 5.95 Å². The topological polar surface area (TPSA) is 101 Å². The molecule has 0 aliphatic carbocycles. The fourth-order valence-corrected chi connectivity index (χ4v) is 4.39. The SMILES string of the molecule is O=c1[nH]nc(-c2cccs2)c2c1Nc1nnnn1[C@@H]2c1ccc(Cl)cc1Cl. The zero-order chi connectivity index (χ0) is 18.5. The van der Waals surface area contributed by atoms with Gasteiger partial charge in [-0.2, -0.15) is 9.78 Å². The number of fused-ring (bicyclic) bond motifs is 2. The molecule has 1 aliphatic heterocycles. The van der Waals surface area contributed by atoms with E-state index in [0.717, 1.165) is 4.88 Å². The second kappa shape index (κ2) is 6.15. The zero-order valence-corrected chi connectivity index (χ0v) is 15.7. The molecule has 8 nitrogen and oxygen atoms in total. The molecule has 0 spiro atoms. The van der Waals surface area contributed by atoms with Gasteiger partial charge in [-0.3, -0.25) is 4.79 Å². The summed E-state index contributed by atoms with van der Waals surface area (Å²) in [5.41, 5.74) is 1.96. The first-order valence-electron chi connectivity index (χ1n) is 7.80. The van der Waals surface area contributed by atoms with Gasteiger partial charge >= 0.3 is 0 Å². The number of thiophene rings is 1. The van der Waals surface area contributed by atoms with Crippen LogP contribution in [0.15, 0.2) is 40.5 Å². The van der Waals surface area contributed by atoms with Gasteiger partial charge in [-0.25, -0.2) is 5.10 Å². The van der Waals surface area contributed by atoms with Gasteiger partial charge in [0.25, 0.3) is 5.56 Å². The molecular weight excluding hydrogens is 409 g/mol. The van der Waals surface area contributed by atoms with E-state index in [0.29, 0.717) is 38.5 Å². The molecule has 0 radical (unpaired) electrons. The summed E-state index contributed by atoms with van der Waals surface area (Å²) in [6.45, 7) is 0. The Morgan fingerprint density at radius 2 is 2.11 bits per heavy atom. The molecule has 3 aromatic heterocycles. The molecule has 0 bridgehead atoms. The predicted molar refractivity (Wildman–Crippen MR) is 103 cm³/mol. The number of hydrogen-bond acceptors (Lipinski definition) is 7. The van der Waals surface area contributed by atoms with E-state index in [4.69, 9.17) is 23.2 Å². The summed E-state index contributed by atoms with van der Waals surface area (Å²) >= 11 is 14.1. The first kappa shape index (κ1) is 16.4. The highest BCUT2D eigenvalue weighted by atomic mass is 35.5. The molecule has 1 atom stereocenters. The summed E-state index contributed by atoms with van der Waals surface area (Å²) in [6.07, 6.45) is 0. The van der Waals surface area contributed by atoms with Crippen molar-refractivity contribution < 1.29 is 0 Å². The Hall–Kier alpha value is -2.75. The molecule has 1 aliphatic rings. The van der Waals surface area contributed by atoms with Crippen molar-refractivity contribution in [2.75, 3.05) is 5.32 Å². The Labute approximate surface area is 165 Å². The van der Waals surface area contributed by atoms with Crippen molar-refractivity contribution in [3.63, 3.8) is 0 Å². The van der Waals surface area contributed by atoms with Crippen LogP contribution in [0.4, 0.5) is 11.6 Å². The lowest BCUT2D eigenvalue weighted by atomic mass is 9.94. The van der Waals surface area contributed by atoms with Crippen molar-refractivity contribution in [2.45, 2.75) is 6.04 Å². The molecule has 2 N–H and O–H groups in total. The number of aromatic amines is 1. The molecule has 134 valence electrons. The maximum absolute atomic E-state index is 12.5. The number of tetrazole rings is 1. The number of rotatable bonds is 2. The number of nitrogens with zero attached hydrogens (tertiary/aromatic N) is 5. The third kappa shape index (κ3) is 2.54. The molecule has 0 amide bonds. The lowest BCUT2D eigenvalue weighted by Gasteiger charge is -2.28. The lowest BCUT2D eigenvalue weighted by molar-refractivity contribution is 0.568. The normalized spacial score (nSPS) is 15.1. The van der Waals surface area contributed by atoms with Crippen LogP contribution in [0, 0.1) is 0 Å². The summed E-state index contributed by atoms with van der Waals surface area (Å²) in [5.74, 6) is 0.340. The summed E-state index contributed by atoms with van der Waals surface area (Å²) in [5, 5.41) is 24.5. The zero-order valence-electron chi connectivity index (χ0n) is 13.3. The van der Waals surface area contributed by atoms with E-state index in [2.05, 4.69) is 31.0 Å². The smallest absolute Gasteiger partial charge is 0.288 e. The first-order chi connectivity index (χ1) is 13.1. The van der Waals surface area contributed by atoms with E-state index >= 15 is 0 Å². The molecule has 4 aromatic rings. The van der Waals surface area contributed by atoms with Crippen molar-refractivity contribution in [1.82, 2.24) is 30.4 Å². The quantitative estimate of drug-likeness (QED) is 0.455. The fraction of sp³-hybridized carbons (Fsp3) is 0.0625. The van der Waals surface area contributed by atoms with Crippen LogP contribution in [0.5, 0.6) is 0 Å². The van der Waals surface area contributed by atoms with E-state index in [-0.39, 0.29) is 5.56 Å². The number of H-pyrrole nitrogens is 1. The maximum atomic E-state index is 12.5. The Bertz CT molecular complexity index is 1220. The third-order valence-electron chi connectivity index (χ3n) is 4.28. The van der Waals surface area contributed by atoms with Crippen molar-refractivity contribution in [2.24, 2.45) is 0 Å². The Morgan fingerprint density at radius 3 is 2.89 bits per heavy atom. The average Bonchev–Trinajstić information content (AvgIpc) is 3.33. The van der Waals surface area contributed by atoms with Gasteiger partial charge < -0.3 is 5.32 Å². The summed E-state index contributed by atoms with van der Waals surface area (Å²) in [4.78, 5) is 13.4. The van der Waals surface area contributed by atoms with Crippen molar-refractivity contribution >= 4 is 46.2 Å². The molecule has 5 rings (SSSR count). The van der Waals surface area contributed by atoms with Crippen LogP contribution in [0.2, 0.25) is 10.0 Å². The Morgan fingerprint density at radius 1 is 1.22 bits per heavy atom. The van der Waals surface area contributed by atoms with Crippen LogP contribution in [0.25, 0.3) is 10.6 Å². The molecule has 11 heteroatoms. The van der Waals surface area contributed by atoms with Crippen LogP contribution in [0.3, 0.4) is 0 Å². The van der Waals surface area contributed by atoms with Gasteiger partial charge in [-0.1, -0.05) is 40.4 Å². The van der Waals surface area contributed by atoms with E-state index < -0.39 is 6.04 Å². The highest BCUT2D eigenvalue weighted by Gasteiger charge is 2.35. The molecule has 27 heavy (non-hydrogen) atoms. The summed E-state index contributed by atoms with van der Waals surface area (Å²) in [7, 11) is 0. The highest BCUT2D eigenvalue weighted by molar-refractivity contribution is 7.13. The van der Waals surface area contributed by atoms with Gasteiger partial charge in [0.15, 0.2) is 0 Å². The Balaban J connectivity index is 1.86. The number of nitrogens with one attached hydrogen (secondary N) is 2. The maximum Gasteiger partial charge on any atom is 0.288 e. The number of aromatic nitrogens is 6. The summed E-state index contributed by atoms with van der Waals surface area (Å²) < 4.78 is 1.58. The van der Waals surface area contributed by atoms with Crippen LogP contribution in [-0.2, 0) is 0 Å². The molecule has 0 unspecified atom stereocenters. The standard InChI is InChI=1S/C16H9Cl2N7OS/c17-7-3-4-8(9(18)6-7)14-11-12(10-2-1-5-27-10)20-21-15(26)13(11)19-16-22-23-24-25(14)16/h1-6,14H,(H,21,26)(H,19,22,24)/t14-/m1/s1. The van der Waals surface area contributed by atoms with E-state index in [1.54, 1.807) is 22.9 Å². The molecular formula is C16H9Cl2N7OS. The fourth-order valence-electron chi connectivity index (χ4n) is 3.15. The predicted octanol–water partition coefficient (Wildman–Crippen LogP) is 3.49. The second-order valence-electron chi connectivity index (χ2n) is 5.81. The van der Waals surface area contributed by atoms with Gasteiger partial charge in [-0.15, -0.1) is 11.3 Å². The third-order valence-corrected chi connectivity index (χ3v) is 5.72. The number of anilines is 2. The summed E-state index contributed by atoms with van der Waals surface area (Å²) in [6, 6.07) is 8.50. The monoisotopic (exact) mass is 417 g/mol. The van der Waals surface area contributed by atoms with Crippen LogP contribution in [-0.4, -0.2) is 30.4 Å². The van der Waals surface area contributed by atoms with E-state index in [1.165, 1.54) is 11.3 Å². The minimum absolute atomic E-state index is 0.340. The molecule has 1 aromatic carbocycles. The van der Waals surface area contributed by atoms with E-state index in [9.17, 15) is 4.79 Å². The average molecular weight is 418 g/mol. The van der Waals surface area contributed by atoms with Crippen molar-refractivity contribution in [3.8, 4) is 10.6 Å². The minimum Gasteiger partial charge on any atom is -0.318 e. The minimum atomic E-state index is -0.539. The van der Waals surface area contributed by atoms with E-state index in [1.807, 2.05) is 17.5 Å². The lowest BCUT2D eigenvalue weighted by Crippen LogP contribution is -2.29. The van der Waals surface area contributed by atoms with Crippen molar-refractivity contribution in [1.29, 1.82) is 0 Å². The van der Waals surface area contributed by atoms with Gasteiger partial charge in [-0.05, 0) is 34.0 Å². The highest BCUT2D eigenvalue weighted by Crippen LogP contribution is 2.43. The molecule has 0 saturated carbocycles. The molecule has 4 heterocycles. The molecule has 0 fully saturated rings. The number of benzene rings is 1. The number of hydrogen-bond donors (Lipinski definition) is 2. The second-order valence-corrected chi connectivity index (χ2v) is 7.60. The van der Waals surface area contributed by atoms with Gasteiger partial charge in [0, 0.05) is 21.2 Å². The van der Waals surface area contributed by atoms with Crippen LogP contribution < -0.4 is 10.9 Å². The van der Waals surface area contributed by atoms with Crippen molar-refractivity contribution in [3.05, 3.63) is 67.2 Å². The Kier molecular flexibility index (Phi) is 3.74. The van der Waals surface area contributed by atoms with Crippen LogP contribution in [0.1, 0.15) is 17.2 Å². The van der Waals surface area contributed by atoms with Crippen LogP contribution >= 0.6 is 34.5 Å². The first-order valence-corrected chi connectivity index (χ1v) is 9.43. The number of halogens is 2. The molecule has 0 saturated heterocycles. The van der Waals surface area contributed by atoms with Gasteiger partial charge in [0.1, 0.15) is 17.4 Å².